The Balaban J connectivity index is 2.06. The molecule has 0 radical (unpaired) electrons. The van der Waals surface area contributed by atoms with Gasteiger partial charge in [-0.15, -0.1) is 0 Å². The molecule has 116 valence electrons. The summed E-state index contributed by atoms with van der Waals surface area (Å²) >= 11 is 0. The molecule has 0 saturated carbocycles. The molecule has 0 fully saturated rings. The van der Waals surface area contributed by atoms with Crippen LogP contribution < -0.4 is 5.32 Å². The van der Waals surface area contributed by atoms with E-state index >= 15 is 0 Å². The van der Waals surface area contributed by atoms with Gasteiger partial charge in [0.05, 0.1) is 11.1 Å². The molecular weight excluding hydrogens is 278 g/mol. The number of anilines is 2. The van der Waals surface area contributed by atoms with Crippen LogP contribution in [0.25, 0.3) is 10.9 Å². The Morgan fingerprint density at radius 2 is 1.86 bits per heavy atom. The van der Waals surface area contributed by atoms with Crippen molar-refractivity contribution in [2.75, 3.05) is 5.32 Å². The maximum absolute atomic E-state index is 10.2. The summed E-state index contributed by atoms with van der Waals surface area (Å²) < 4.78 is 3.58. The number of nitrogens with zero attached hydrogens (tertiary/aromatic N) is 4. The lowest BCUT2D eigenvalue weighted by Crippen LogP contribution is -2.15. The van der Waals surface area contributed by atoms with Crippen LogP contribution in [0.5, 0.6) is 0 Å². The fraction of sp³-hybridized carbons (Fsp3) is 0.375. The fourth-order valence-corrected chi connectivity index (χ4v) is 2.57. The Hall–Kier alpha value is -2.34. The Kier molecular flexibility index (Phi) is 3.21. The molecule has 6 heteroatoms. The topological polar surface area (TPSA) is 67.9 Å². The molecule has 0 aliphatic rings. The van der Waals surface area contributed by atoms with Crippen molar-refractivity contribution in [3.8, 4) is 0 Å². The van der Waals surface area contributed by atoms with E-state index in [1.807, 2.05) is 50.1 Å². The number of aromatic nitrogens is 4. The number of hydrogen-bond acceptors (Lipinski definition) is 4. The molecule has 0 unspecified atom stereocenters. The molecule has 0 bridgehead atoms. The number of aryl methyl sites for hydroxylation is 3. The van der Waals surface area contributed by atoms with Gasteiger partial charge in [0.25, 0.3) is 0 Å². The normalized spacial score (nSPS) is 12.1. The lowest BCUT2D eigenvalue weighted by atomic mass is 9.97. The second-order valence-electron chi connectivity index (χ2n) is 6.22. The van der Waals surface area contributed by atoms with Gasteiger partial charge < -0.3 is 10.4 Å². The lowest BCUT2D eigenvalue weighted by Gasteiger charge is -2.17. The van der Waals surface area contributed by atoms with Crippen molar-refractivity contribution >= 4 is 22.5 Å². The zero-order valence-electron chi connectivity index (χ0n) is 13.5. The minimum Gasteiger partial charge on any atom is -0.386 e. The molecule has 1 aromatic carbocycles. The van der Waals surface area contributed by atoms with Gasteiger partial charge in [0.2, 0.25) is 0 Å². The van der Waals surface area contributed by atoms with E-state index in [0.29, 0.717) is 0 Å². The van der Waals surface area contributed by atoms with Crippen molar-refractivity contribution in [1.82, 2.24) is 19.6 Å². The van der Waals surface area contributed by atoms with Crippen molar-refractivity contribution in [2.24, 2.45) is 14.1 Å². The number of fused-ring (bicyclic) bond motifs is 1. The molecule has 0 amide bonds. The van der Waals surface area contributed by atoms with Crippen molar-refractivity contribution in [3.63, 3.8) is 0 Å². The molecule has 2 heterocycles. The Bertz CT molecular complexity index is 838. The summed E-state index contributed by atoms with van der Waals surface area (Å²) in [7, 11) is 3.79. The molecule has 0 aliphatic heterocycles. The summed E-state index contributed by atoms with van der Waals surface area (Å²) in [5.74, 6) is 1.57. The van der Waals surface area contributed by atoms with E-state index in [2.05, 4.69) is 15.5 Å². The highest BCUT2D eigenvalue weighted by molar-refractivity contribution is 5.92. The van der Waals surface area contributed by atoms with Crippen LogP contribution in [0.2, 0.25) is 0 Å². The van der Waals surface area contributed by atoms with E-state index in [4.69, 9.17) is 0 Å². The first kappa shape index (κ1) is 14.6. The van der Waals surface area contributed by atoms with E-state index in [-0.39, 0.29) is 0 Å². The predicted octanol–water partition coefficient (Wildman–Crippen LogP) is 2.59. The number of nitrogens with one attached hydrogen (secondary N) is 1. The number of rotatable bonds is 3. The molecular formula is C16H21N5O. The summed E-state index contributed by atoms with van der Waals surface area (Å²) in [4.78, 5) is 0. The Morgan fingerprint density at radius 1 is 1.14 bits per heavy atom. The molecule has 2 N–H and O–H groups in total. The largest absolute Gasteiger partial charge is 0.386 e. The van der Waals surface area contributed by atoms with Gasteiger partial charge >= 0.3 is 0 Å². The van der Waals surface area contributed by atoms with E-state index in [1.54, 1.807) is 18.5 Å². The molecule has 0 saturated heterocycles. The molecule has 0 spiro atoms. The second-order valence-corrected chi connectivity index (χ2v) is 6.22. The van der Waals surface area contributed by atoms with Gasteiger partial charge in [0.1, 0.15) is 0 Å². The summed E-state index contributed by atoms with van der Waals surface area (Å²) in [5, 5.41) is 23.4. The number of hydrogen-bond donors (Lipinski definition) is 2. The smallest absolute Gasteiger partial charge is 0.161 e. The van der Waals surface area contributed by atoms with Crippen molar-refractivity contribution in [1.29, 1.82) is 0 Å². The van der Waals surface area contributed by atoms with E-state index in [1.165, 1.54) is 0 Å². The average molecular weight is 299 g/mol. The maximum atomic E-state index is 10.2. The van der Waals surface area contributed by atoms with Crippen LogP contribution in [0.4, 0.5) is 11.6 Å². The second kappa shape index (κ2) is 4.84. The van der Waals surface area contributed by atoms with Crippen LogP contribution in [-0.2, 0) is 19.7 Å². The number of benzene rings is 1. The van der Waals surface area contributed by atoms with Crippen LogP contribution >= 0.6 is 0 Å². The van der Waals surface area contributed by atoms with Gasteiger partial charge in [-0.1, -0.05) is 6.07 Å². The monoisotopic (exact) mass is 299 g/mol. The van der Waals surface area contributed by atoms with E-state index in [9.17, 15) is 5.11 Å². The summed E-state index contributed by atoms with van der Waals surface area (Å²) in [6.07, 6.45) is 1.96. The average Bonchev–Trinajstić information content (AvgIpc) is 2.90. The third-order valence-corrected chi connectivity index (χ3v) is 3.81. The highest BCUT2D eigenvalue weighted by Crippen LogP contribution is 2.29. The first-order valence-corrected chi connectivity index (χ1v) is 7.22. The van der Waals surface area contributed by atoms with Gasteiger partial charge in [0, 0.05) is 31.2 Å². The molecule has 0 atom stereocenters. The van der Waals surface area contributed by atoms with Gasteiger partial charge in [-0.2, -0.15) is 10.2 Å². The molecule has 0 aliphatic carbocycles. The highest BCUT2D eigenvalue weighted by atomic mass is 16.3. The molecule has 3 rings (SSSR count). The van der Waals surface area contributed by atoms with Crippen LogP contribution in [0.1, 0.15) is 25.0 Å². The van der Waals surface area contributed by atoms with Crippen LogP contribution in [0.15, 0.2) is 24.4 Å². The quantitative estimate of drug-likeness (QED) is 0.780. The zero-order chi connectivity index (χ0) is 16.1. The Labute approximate surface area is 129 Å². The summed E-state index contributed by atoms with van der Waals surface area (Å²) in [6.45, 7) is 5.56. The lowest BCUT2D eigenvalue weighted by molar-refractivity contribution is 0.0787. The first-order valence-electron chi connectivity index (χ1n) is 7.22. The third kappa shape index (κ3) is 2.46. The van der Waals surface area contributed by atoms with E-state index < -0.39 is 5.60 Å². The Morgan fingerprint density at radius 3 is 2.45 bits per heavy atom. The molecule has 6 nitrogen and oxygen atoms in total. The standard InChI is InChI=1S/C16H21N5O/c1-10-9-20(4)18-14(10)17-15-12-7-6-11(16(2,3)22)8-13(12)21(5)19-15/h6-9,22H,1-5H3,(H,17,18,19). The van der Waals surface area contributed by atoms with Crippen molar-refractivity contribution in [2.45, 2.75) is 26.4 Å². The van der Waals surface area contributed by atoms with Crippen LogP contribution in [-0.4, -0.2) is 24.7 Å². The summed E-state index contributed by atoms with van der Waals surface area (Å²) in [6, 6.07) is 5.88. The van der Waals surface area contributed by atoms with Crippen LogP contribution in [0.3, 0.4) is 0 Å². The maximum Gasteiger partial charge on any atom is 0.161 e. The predicted molar refractivity (Wildman–Crippen MR) is 87.2 cm³/mol. The van der Waals surface area contributed by atoms with Crippen molar-refractivity contribution < 1.29 is 5.11 Å². The van der Waals surface area contributed by atoms with Gasteiger partial charge in [-0.25, -0.2) is 0 Å². The zero-order valence-corrected chi connectivity index (χ0v) is 13.5. The molecule has 2 aromatic heterocycles. The van der Waals surface area contributed by atoms with Gasteiger partial charge in [-0.3, -0.25) is 9.36 Å². The van der Waals surface area contributed by atoms with Crippen LogP contribution in [0, 0.1) is 6.92 Å². The van der Waals surface area contributed by atoms with E-state index in [0.717, 1.165) is 33.7 Å². The molecule has 3 aromatic rings. The van der Waals surface area contributed by atoms with Gasteiger partial charge in [0.15, 0.2) is 11.6 Å². The van der Waals surface area contributed by atoms with Crippen molar-refractivity contribution in [3.05, 3.63) is 35.5 Å². The minimum atomic E-state index is -0.871. The fourth-order valence-electron chi connectivity index (χ4n) is 2.57. The third-order valence-electron chi connectivity index (χ3n) is 3.81. The number of aliphatic hydroxyl groups is 1. The van der Waals surface area contributed by atoms with Gasteiger partial charge in [-0.05, 0) is 38.5 Å². The SMILES string of the molecule is Cc1cn(C)nc1Nc1nn(C)c2cc(C(C)(C)O)ccc12. The highest BCUT2D eigenvalue weighted by Gasteiger charge is 2.19. The summed E-state index contributed by atoms with van der Waals surface area (Å²) in [5.41, 5.74) is 2.03. The minimum absolute atomic E-state index is 0.765. The molecule has 22 heavy (non-hydrogen) atoms. The first-order chi connectivity index (χ1) is 10.3.